The molecule has 0 aromatic heterocycles. The lowest BCUT2D eigenvalue weighted by molar-refractivity contribution is 1.31. The fourth-order valence-electron chi connectivity index (χ4n) is 9.50. The Labute approximate surface area is 360 Å². The Morgan fingerprint density at radius 3 is 0.919 bits per heavy atom. The number of rotatable bonds is 7. The van der Waals surface area contributed by atoms with Gasteiger partial charge in [0.25, 0.3) is 0 Å². The van der Waals surface area contributed by atoms with E-state index >= 15 is 0 Å². The Bertz CT molecular complexity index is 3510. The van der Waals surface area contributed by atoms with Crippen molar-refractivity contribution in [3.63, 3.8) is 0 Å². The van der Waals surface area contributed by atoms with Crippen LogP contribution in [0.3, 0.4) is 0 Å². The third kappa shape index (κ3) is 6.12. The Kier molecular flexibility index (Phi) is 8.53. The van der Waals surface area contributed by atoms with Crippen LogP contribution in [0.25, 0.3) is 75.8 Å². The zero-order valence-electron chi connectivity index (χ0n) is 34.0. The highest BCUT2D eigenvalue weighted by molar-refractivity contribution is 6.24. The molecule has 12 rings (SSSR count). The van der Waals surface area contributed by atoms with Crippen LogP contribution in [0.1, 0.15) is 0 Å². The van der Waals surface area contributed by atoms with Gasteiger partial charge in [-0.2, -0.15) is 0 Å². The molecule has 0 saturated carbocycles. The molecule has 12 aromatic carbocycles. The van der Waals surface area contributed by atoms with Gasteiger partial charge in [0.2, 0.25) is 0 Å². The maximum atomic E-state index is 2.50. The lowest BCUT2D eigenvalue weighted by Gasteiger charge is -2.33. The summed E-state index contributed by atoms with van der Waals surface area (Å²) in [7, 11) is 0. The van der Waals surface area contributed by atoms with Crippen molar-refractivity contribution in [1.82, 2.24) is 0 Å². The van der Waals surface area contributed by atoms with E-state index in [1.54, 1.807) is 0 Å². The maximum absolute atomic E-state index is 2.50. The molecule has 0 amide bonds. The molecule has 0 aliphatic carbocycles. The normalized spacial score (nSPS) is 11.5. The summed E-state index contributed by atoms with van der Waals surface area (Å²) in [6.45, 7) is 0. The summed E-state index contributed by atoms with van der Waals surface area (Å²) in [5.41, 5.74) is 9.03. The van der Waals surface area contributed by atoms with Crippen molar-refractivity contribution in [3.05, 3.63) is 243 Å². The average molecular weight is 789 g/mol. The van der Waals surface area contributed by atoms with Gasteiger partial charge in [0.05, 0.1) is 11.4 Å². The van der Waals surface area contributed by atoms with Crippen molar-refractivity contribution in [2.45, 2.75) is 0 Å². The minimum absolute atomic E-state index is 1.10. The zero-order valence-corrected chi connectivity index (χ0v) is 34.0. The molecule has 0 bridgehead atoms. The minimum atomic E-state index is 1.10. The Balaban J connectivity index is 1.23. The van der Waals surface area contributed by atoms with E-state index < -0.39 is 0 Å². The second kappa shape index (κ2) is 14.8. The van der Waals surface area contributed by atoms with Crippen LogP contribution in [0, 0.1) is 0 Å². The van der Waals surface area contributed by atoms with Gasteiger partial charge in [-0.1, -0.05) is 188 Å². The van der Waals surface area contributed by atoms with Gasteiger partial charge in [-0.25, -0.2) is 0 Å². The number of nitrogens with zero attached hydrogens (tertiary/aromatic N) is 2. The fourth-order valence-corrected chi connectivity index (χ4v) is 9.50. The number of anilines is 6. The molecule has 0 aliphatic heterocycles. The maximum Gasteiger partial charge on any atom is 0.0620 e. The number of hydrogen-bond donors (Lipinski definition) is 0. The molecule has 2 heteroatoms. The Morgan fingerprint density at radius 1 is 0.194 bits per heavy atom. The van der Waals surface area contributed by atoms with Gasteiger partial charge in [-0.3, -0.25) is 0 Å². The van der Waals surface area contributed by atoms with Crippen LogP contribution in [0.2, 0.25) is 0 Å². The molecule has 0 atom stereocenters. The zero-order chi connectivity index (χ0) is 41.0. The van der Waals surface area contributed by atoms with E-state index in [9.17, 15) is 0 Å². The second-order valence-corrected chi connectivity index (χ2v) is 16.2. The van der Waals surface area contributed by atoms with Gasteiger partial charge in [0, 0.05) is 44.3 Å². The van der Waals surface area contributed by atoms with E-state index in [2.05, 4.69) is 252 Å². The van der Waals surface area contributed by atoms with Crippen LogP contribution in [0.5, 0.6) is 0 Å². The lowest BCUT2D eigenvalue weighted by Crippen LogP contribution is -2.15. The van der Waals surface area contributed by atoms with Gasteiger partial charge in [-0.15, -0.1) is 0 Å². The molecule has 0 N–H and O–H groups in total. The first kappa shape index (κ1) is 35.7. The van der Waals surface area contributed by atoms with Crippen LogP contribution in [-0.2, 0) is 0 Å². The molecule has 0 unspecified atom stereocenters. The third-order valence-electron chi connectivity index (χ3n) is 12.5. The monoisotopic (exact) mass is 788 g/mol. The molecule has 0 saturated heterocycles. The first-order chi connectivity index (χ1) is 30.7. The van der Waals surface area contributed by atoms with E-state index in [-0.39, 0.29) is 0 Å². The molecule has 2 nitrogen and oxygen atoms in total. The molecule has 0 spiro atoms. The molecule has 0 radical (unpaired) electrons. The van der Waals surface area contributed by atoms with Gasteiger partial charge in [0.1, 0.15) is 0 Å². The molecule has 12 aromatic rings. The highest BCUT2D eigenvalue weighted by Crippen LogP contribution is 2.52. The minimum Gasteiger partial charge on any atom is -0.309 e. The predicted octanol–water partition coefficient (Wildman–Crippen LogP) is 17.2. The third-order valence-corrected chi connectivity index (χ3v) is 12.5. The summed E-state index contributed by atoms with van der Waals surface area (Å²) >= 11 is 0. The van der Waals surface area contributed by atoms with E-state index in [1.165, 1.54) is 54.2 Å². The van der Waals surface area contributed by atoms with Crippen molar-refractivity contribution < 1.29 is 0 Å². The van der Waals surface area contributed by atoms with E-state index in [0.717, 1.165) is 55.7 Å². The Morgan fingerprint density at radius 2 is 0.516 bits per heavy atom. The summed E-state index contributed by atoms with van der Waals surface area (Å²) in [5, 5.41) is 14.3. The van der Waals surface area contributed by atoms with E-state index in [0.29, 0.717) is 0 Å². The van der Waals surface area contributed by atoms with Gasteiger partial charge in [0.15, 0.2) is 0 Å². The molecule has 0 heterocycles. The fraction of sp³-hybridized carbons (Fsp3) is 0. The van der Waals surface area contributed by atoms with Gasteiger partial charge in [-0.05, 0) is 109 Å². The first-order valence-corrected chi connectivity index (χ1v) is 21.3. The standard InChI is InChI=1S/C60H40N2/c1-2-14-41(15-3-1)50-30-35-57-58(40-50)60(62(53-33-28-44-18-6-10-22-48(44)38-53)54-34-29-45-19-7-11-23-49(45)39-54)56-25-13-12-24-55(56)59(57)61(51-31-26-42-16-4-8-20-46(42)36-51)52-32-27-43-17-5-9-21-47(43)37-52/h1-40H. The SMILES string of the molecule is c1ccc(-c2ccc3c(N(c4ccc5ccccc5c4)c4ccc5ccccc5c4)c4ccccc4c(N(c4ccc5ccccc5c4)c4ccc5ccccc5c4)c3c2)cc1. The average Bonchev–Trinajstić information content (AvgIpc) is 3.34. The highest BCUT2D eigenvalue weighted by Gasteiger charge is 2.26. The van der Waals surface area contributed by atoms with Crippen molar-refractivity contribution >= 4 is 98.8 Å². The molecule has 62 heavy (non-hydrogen) atoms. The van der Waals surface area contributed by atoms with Crippen LogP contribution < -0.4 is 9.80 Å². The van der Waals surface area contributed by atoms with Gasteiger partial charge < -0.3 is 9.80 Å². The molecular formula is C60H40N2. The number of benzene rings is 12. The summed E-state index contributed by atoms with van der Waals surface area (Å²) < 4.78 is 0. The smallest absolute Gasteiger partial charge is 0.0620 e. The predicted molar refractivity (Wildman–Crippen MR) is 266 cm³/mol. The first-order valence-electron chi connectivity index (χ1n) is 21.3. The number of fused-ring (bicyclic) bond motifs is 6. The van der Waals surface area contributed by atoms with Crippen LogP contribution in [-0.4, -0.2) is 0 Å². The number of hydrogen-bond acceptors (Lipinski definition) is 2. The van der Waals surface area contributed by atoms with E-state index in [4.69, 9.17) is 0 Å². The molecule has 0 aliphatic rings. The highest BCUT2D eigenvalue weighted by atomic mass is 15.2. The van der Waals surface area contributed by atoms with Crippen LogP contribution in [0.4, 0.5) is 34.1 Å². The molecule has 0 fully saturated rings. The second-order valence-electron chi connectivity index (χ2n) is 16.2. The van der Waals surface area contributed by atoms with Gasteiger partial charge >= 0.3 is 0 Å². The van der Waals surface area contributed by atoms with Crippen LogP contribution in [0.15, 0.2) is 243 Å². The molecular weight excluding hydrogens is 749 g/mol. The van der Waals surface area contributed by atoms with Crippen molar-refractivity contribution in [3.8, 4) is 11.1 Å². The topological polar surface area (TPSA) is 6.48 Å². The summed E-state index contributed by atoms with van der Waals surface area (Å²) in [6.07, 6.45) is 0. The quantitative estimate of drug-likeness (QED) is 0.117. The van der Waals surface area contributed by atoms with E-state index in [1.807, 2.05) is 0 Å². The van der Waals surface area contributed by atoms with Crippen molar-refractivity contribution in [1.29, 1.82) is 0 Å². The van der Waals surface area contributed by atoms with Crippen molar-refractivity contribution in [2.24, 2.45) is 0 Å². The summed E-state index contributed by atoms with van der Waals surface area (Å²) in [6, 6.07) is 89.0. The summed E-state index contributed by atoms with van der Waals surface area (Å²) in [4.78, 5) is 4.99. The lowest BCUT2D eigenvalue weighted by atomic mass is 9.92. The summed E-state index contributed by atoms with van der Waals surface area (Å²) in [5.74, 6) is 0. The van der Waals surface area contributed by atoms with Crippen LogP contribution >= 0.6 is 0 Å². The molecule has 290 valence electrons. The largest absolute Gasteiger partial charge is 0.309 e. The Hall–Kier alpha value is -8.20. The van der Waals surface area contributed by atoms with Crippen molar-refractivity contribution in [2.75, 3.05) is 9.80 Å².